The summed E-state index contributed by atoms with van der Waals surface area (Å²) >= 11 is 0. The highest BCUT2D eigenvalue weighted by Gasteiger charge is 2.14. The summed E-state index contributed by atoms with van der Waals surface area (Å²) in [7, 11) is 1.22. The minimum atomic E-state index is -1.04. The largest absolute Gasteiger partial charge is 0.453 e. The van der Waals surface area contributed by atoms with Gasteiger partial charge in [0.15, 0.2) is 11.6 Å². The second-order valence-electron chi connectivity index (χ2n) is 3.69. The molecule has 0 aliphatic rings. The van der Waals surface area contributed by atoms with Gasteiger partial charge in [0, 0.05) is 31.8 Å². The van der Waals surface area contributed by atoms with Crippen molar-refractivity contribution in [1.82, 2.24) is 5.32 Å². The molecule has 0 fully saturated rings. The fourth-order valence-corrected chi connectivity index (χ4v) is 1.46. The van der Waals surface area contributed by atoms with Gasteiger partial charge in [0.05, 0.1) is 7.11 Å². The zero-order chi connectivity index (χ0) is 14.4. The Morgan fingerprint density at radius 2 is 2.00 bits per heavy atom. The van der Waals surface area contributed by atoms with Crippen molar-refractivity contribution in [3.63, 3.8) is 0 Å². The molecular weight excluding hydrogens is 258 g/mol. The summed E-state index contributed by atoms with van der Waals surface area (Å²) < 4.78 is 30.3. The van der Waals surface area contributed by atoms with Crippen LogP contribution in [-0.4, -0.2) is 32.2 Å². The van der Waals surface area contributed by atoms with Gasteiger partial charge in [-0.2, -0.15) is 0 Å². The van der Waals surface area contributed by atoms with Crippen LogP contribution in [0.2, 0.25) is 0 Å². The number of rotatable bonds is 4. The molecule has 0 heterocycles. The highest BCUT2D eigenvalue weighted by molar-refractivity contribution is 5.91. The van der Waals surface area contributed by atoms with E-state index in [1.54, 1.807) is 0 Å². The number of nitrogens with zero attached hydrogens (tertiary/aromatic N) is 1. The van der Waals surface area contributed by atoms with Crippen LogP contribution in [0, 0.1) is 11.6 Å². The Morgan fingerprint density at radius 3 is 2.53 bits per heavy atom. The number of ether oxygens (including phenoxy) is 1. The Kier molecular flexibility index (Phi) is 5.23. The molecular formula is C12H14F2N2O3. The van der Waals surface area contributed by atoms with Gasteiger partial charge >= 0.3 is 6.09 Å². The topological polar surface area (TPSA) is 58.6 Å². The molecule has 1 aromatic carbocycles. The molecule has 0 radical (unpaired) electrons. The second kappa shape index (κ2) is 6.67. The van der Waals surface area contributed by atoms with Crippen LogP contribution in [0.5, 0.6) is 0 Å². The second-order valence-corrected chi connectivity index (χ2v) is 3.69. The van der Waals surface area contributed by atoms with E-state index in [2.05, 4.69) is 10.1 Å². The van der Waals surface area contributed by atoms with Crippen molar-refractivity contribution in [3.05, 3.63) is 29.8 Å². The van der Waals surface area contributed by atoms with Crippen molar-refractivity contribution in [2.75, 3.05) is 25.1 Å². The van der Waals surface area contributed by atoms with Gasteiger partial charge in [-0.25, -0.2) is 13.6 Å². The summed E-state index contributed by atoms with van der Waals surface area (Å²) in [6.45, 7) is 1.54. The van der Waals surface area contributed by atoms with E-state index in [4.69, 9.17) is 0 Å². The average Bonchev–Trinajstić information content (AvgIpc) is 2.37. The Hall–Kier alpha value is -2.18. The lowest BCUT2D eigenvalue weighted by atomic mass is 10.2. The minimum Gasteiger partial charge on any atom is -0.453 e. The maximum atomic E-state index is 13.1. The molecule has 5 nitrogen and oxygen atoms in total. The molecule has 0 atom stereocenters. The molecule has 1 rings (SSSR count). The summed E-state index contributed by atoms with van der Waals surface area (Å²) in [5, 5.41) is 2.39. The fourth-order valence-electron chi connectivity index (χ4n) is 1.46. The number of hydrogen-bond donors (Lipinski definition) is 1. The number of nitrogens with one attached hydrogen (secondary N) is 1. The number of halogens is 2. The highest BCUT2D eigenvalue weighted by Crippen LogP contribution is 2.17. The molecule has 0 saturated carbocycles. The maximum Gasteiger partial charge on any atom is 0.406 e. The van der Waals surface area contributed by atoms with Gasteiger partial charge in [-0.1, -0.05) is 0 Å². The first kappa shape index (κ1) is 14.9. The van der Waals surface area contributed by atoms with Gasteiger partial charge in [-0.05, 0) is 12.1 Å². The maximum absolute atomic E-state index is 13.1. The van der Waals surface area contributed by atoms with Crippen molar-refractivity contribution in [1.29, 1.82) is 0 Å². The van der Waals surface area contributed by atoms with Gasteiger partial charge in [0.25, 0.3) is 0 Å². The molecule has 0 aromatic heterocycles. The first-order valence-corrected chi connectivity index (χ1v) is 5.50. The van der Waals surface area contributed by atoms with E-state index in [1.165, 1.54) is 25.0 Å². The summed E-state index contributed by atoms with van der Waals surface area (Å²) in [4.78, 5) is 23.5. The Morgan fingerprint density at radius 1 is 1.32 bits per heavy atom. The van der Waals surface area contributed by atoms with E-state index in [0.717, 1.165) is 12.1 Å². The first-order chi connectivity index (χ1) is 8.95. The van der Waals surface area contributed by atoms with E-state index in [9.17, 15) is 18.4 Å². The van der Waals surface area contributed by atoms with Gasteiger partial charge in [-0.3, -0.25) is 4.79 Å². The number of carbonyl (C=O) groups excluding carboxylic acids is 2. The summed E-state index contributed by atoms with van der Waals surface area (Å²) in [6.07, 6.45) is -0.631. The summed E-state index contributed by atoms with van der Waals surface area (Å²) in [5.74, 6) is -2.37. The normalized spacial score (nSPS) is 9.89. The molecule has 19 heavy (non-hydrogen) atoms. The van der Waals surface area contributed by atoms with Crippen LogP contribution in [-0.2, 0) is 9.53 Å². The third-order valence-electron chi connectivity index (χ3n) is 2.39. The van der Waals surface area contributed by atoms with Crippen LogP contribution in [0.15, 0.2) is 18.2 Å². The third-order valence-corrected chi connectivity index (χ3v) is 2.39. The molecule has 0 bridgehead atoms. The quantitative estimate of drug-likeness (QED) is 0.907. The van der Waals surface area contributed by atoms with Crippen molar-refractivity contribution in [2.24, 2.45) is 0 Å². The Bertz CT molecular complexity index is 480. The Labute approximate surface area is 109 Å². The van der Waals surface area contributed by atoms with Crippen molar-refractivity contribution in [2.45, 2.75) is 6.92 Å². The minimum absolute atomic E-state index is 0.121. The fraction of sp³-hybridized carbons (Fsp3) is 0.333. The Balaban J connectivity index is 2.74. The zero-order valence-corrected chi connectivity index (χ0v) is 10.6. The van der Waals surface area contributed by atoms with Crippen LogP contribution >= 0.6 is 0 Å². The monoisotopic (exact) mass is 272 g/mol. The highest BCUT2D eigenvalue weighted by atomic mass is 19.2. The molecule has 0 aliphatic heterocycles. The van der Waals surface area contributed by atoms with E-state index in [1.807, 2.05) is 0 Å². The van der Waals surface area contributed by atoms with Crippen molar-refractivity contribution >= 4 is 17.7 Å². The molecule has 0 aliphatic carbocycles. The summed E-state index contributed by atoms with van der Waals surface area (Å²) in [6, 6.07) is 3.15. The van der Waals surface area contributed by atoms with E-state index in [0.29, 0.717) is 0 Å². The number of amides is 2. The predicted molar refractivity (Wildman–Crippen MR) is 64.8 cm³/mol. The number of anilines is 1. The molecule has 1 aromatic rings. The smallest absolute Gasteiger partial charge is 0.406 e. The lowest BCUT2D eigenvalue weighted by Gasteiger charge is -2.21. The SMILES string of the molecule is COC(=O)NCCN(C(C)=O)c1ccc(F)c(F)c1. The van der Waals surface area contributed by atoms with Crippen molar-refractivity contribution < 1.29 is 23.1 Å². The molecule has 0 unspecified atom stereocenters. The van der Waals surface area contributed by atoms with Crippen LogP contribution in [0.3, 0.4) is 0 Å². The number of benzene rings is 1. The standard InChI is InChI=1S/C12H14F2N2O3/c1-8(17)16(6-5-15-12(18)19-2)9-3-4-10(13)11(14)7-9/h3-4,7H,5-6H2,1-2H3,(H,15,18). The lowest BCUT2D eigenvalue weighted by molar-refractivity contribution is -0.116. The van der Waals surface area contributed by atoms with Crippen LogP contribution in [0.25, 0.3) is 0 Å². The molecule has 1 N–H and O–H groups in total. The molecule has 0 spiro atoms. The van der Waals surface area contributed by atoms with Crippen molar-refractivity contribution in [3.8, 4) is 0 Å². The van der Waals surface area contributed by atoms with E-state index in [-0.39, 0.29) is 24.7 Å². The average molecular weight is 272 g/mol. The molecule has 2 amide bonds. The zero-order valence-electron chi connectivity index (χ0n) is 10.6. The third kappa shape index (κ3) is 4.20. The van der Waals surface area contributed by atoms with Gasteiger partial charge < -0.3 is 15.0 Å². The molecule has 0 saturated heterocycles. The predicted octanol–water partition coefficient (Wildman–Crippen LogP) is 1.67. The number of alkyl carbamates (subject to hydrolysis) is 1. The molecule has 104 valence electrons. The summed E-state index contributed by atoms with van der Waals surface area (Å²) in [5.41, 5.74) is 0.220. The molecule has 7 heteroatoms. The number of methoxy groups -OCH3 is 1. The first-order valence-electron chi connectivity index (χ1n) is 5.50. The van der Waals surface area contributed by atoms with Gasteiger partial charge in [0.2, 0.25) is 5.91 Å². The number of carbonyl (C=O) groups is 2. The van der Waals surface area contributed by atoms with E-state index >= 15 is 0 Å². The number of hydrogen-bond acceptors (Lipinski definition) is 3. The van der Waals surface area contributed by atoms with Crippen LogP contribution in [0.4, 0.5) is 19.3 Å². The van der Waals surface area contributed by atoms with Gasteiger partial charge in [-0.15, -0.1) is 0 Å². The van der Waals surface area contributed by atoms with E-state index < -0.39 is 17.7 Å². The van der Waals surface area contributed by atoms with Gasteiger partial charge in [0.1, 0.15) is 0 Å². The van der Waals surface area contributed by atoms with Crippen LogP contribution < -0.4 is 10.2 Å². The lowest BCUT2D eigenvalue weighted by Crippen LogP contribution is -2.37. The van der Waals surface area contributed by atoms with Crippen LogP contribution in [0.1, 0.15) is 6.92 Å².